The van der Waals surface area contributed by atoms with Crippen molar-refractivity contribution >= 4 is 5.78 Å². The zero-order chi connectivity index (χ0) is 11.4. The third-order valence-corrected chi connectivity index (χ3v) is 2.14. The van der Waals surface area contributed by atoms with E-state index >= 15 is 0 Å². The fourth-order valence-electron chi connectivity index (χ4n) is 1.37. The standard InChI is InChI=1S/C11H14FNO2/c1-7-4-9(12)11(15-3)5-8(7)10(14)6-13-2/h4-5,13H,6H2,1-3H3. The number of ether oxygens (including phenoxy) is 1. The summed E-state index contributed by atoms with van der Waals surface area (Å²) in [6.07, 6.45) is 0. The van der Waals surface area contributed by atoms with Crippen molar-refractivity contribution in [2.24, 2.45) is 0 Å². The Hall–Kier alpha value is -1.42. The van der Waals surface area contributed by atoms with Crippen LogP contribution in [0.4, 0.5) is 4.39 Å². The first-order chi connectivity index (χ1) is 7.10. The molecule has 0 heterocycles. The van der Waals surface area contributed by atoms with E-state index in [9.17, 15) is 9.18 Å². The van der Waals surface area contributed by atoms with Crippen molar-refractivity contribution in [2.45, 2.75) is 6.92 Å². The Balaban J connectivity index is 3.12. The second-order valence-electron chi connectivity index (χ2n) is 3.26. The first kappa shape index (κ1) is 11.7. The molecule has 0 aliphatic heterocycles. The molecule has 4 heteroatoms. The summed E-state index contributed by atoms with van der Waals surface area (Å²) in [6, 6.07) is 2.74. The molecule has 0 saturated carbocycles. The molecule has 0 aliphatic carbocycles. The highest BCUT2D eigenvalue weighted by Crippen LogP contribution is 2.21. The number of carbonyl (C=O) groups is 1. The van der Waals surface area contributed by atoms with Gasteiger partial charge in [0.15, 0.2) is 17.3 Å². The van der Waals surface area contributed by atoms with Gasteiger partial charge in [-0.3, -0.25) is 4.79 Å². The maximum Gasteiger partial charge on any atom is 0.176 e. The number of Topliss-reactive ketones (excluding diaryl/α,β-unsaturated/α-hetero) is 1. The number of benzene rings is 1. The molecule has 1 aromatic carbocycles. The highest BCUT2D eigenvalue weighted by molar-refractivity contribution is 5.99. The number of hydrogen-bond acceptors (Lipinski definition) is 3. The fraction of sp³-hybridized carbons (Fsp3) is 0.364. The van der Waals surface area contributed by atoms with Gasteiger partial charge in [-0.05, 0) is 31.7 Å². The van der Waals surface area contributed by atoms with Gasteiger partial charge >= 0.3 is 0 Å². The van der Waals surface area contributed by atoms with Gasteiger partial charge in [0.2, 0.25) is 0 Å². The maximum atomic E-state index is 13.2. The Morgan fingerprint density at radius 3 is 2.73 bits per heavy atom. The molecule has 0 spiro atoms. The van der Waals surface area contributed by atoms with Crippen LogP contribution in [0.25, 0.3) is 0 Å². The highest BCUT2D eigenvalue weighted by atomic mass is 19.1. The summed E-state index contributed by atoms with van der Waals surface area (Å²) in [6.45, 7) is 1.93. The lowest BCUT2D eigenvalue weighted by Gasteiger charge is -2.08. The van der Waals surface area contributed by atoms with Crippen molar-refractivity contribution in [1.82, 2.24) is 5.32 Å². The molecule has 0 saturated heterocycles. The second-order valence-corrected chi connectivity index (χ2v) is 3.26. The monoisotopic (exact) mass is 211 g/mol. The Morgan fingerprint density at radius 2 is 2.20 bits per heavy atom. The van der Waals surface area contributed by atoms with E-state index < -0.39 is 5.82 Å². The molecule has 0 bridgehead atoms. The first-order valence-corrected chi connectivity index (χ1v) is 4.62. The second kappa shape index (κ2) is 4.89. The Kier molecular flexibility index (Phi) is 3.80. The molecular formula is C11H14FNO2. The Bertz CT molecular complexity index is 377. The van der Waals surface area contributed by atoms with Gasteiger partial charge in [0.05, 0.1) is 13.7 Å². The third kappa shape index (κ3) is 2.53. The number of rotatable bonds is 4. The van der Waals surface area contributed by atoms with E-state index in [0.717, 1.165) is 0 Å². The zero-order valence-corrected chi connectivity index (χ0v) is 9.06. The van der Waals surface area contributed by atoms with Crippen molar-refractivity contribution in [3.05, 3.63) is 29.1 Å². The minimum absolute atomic E-state index is 0.0756. The lowest BCUT2D eigenvalue weighted by molar-refractivity contribution is 0.0992. The largest absolute Gasteiger partial charge is 0.494 e. The zero-order valence-electron chi connectivity index (χ0n) is 9.06. The molecule has 15 heavy (non-hydrogen) atoms. The molecule has 3 nitrogen and oxygen atoms in total. The Labute approximate surface area is 88.2 Å². The van der Waals surface area contributed by atoms with Crippen LogP contribution in [0, 0.1) is 12.7 Å². The van der Waals surface area contributed by atoms with E-state index in [1.54, 1.807) is 14.0 Å². The van der Waals surface area contributed by atoms with E-state index in [1.165, 1.54) is 19.2 Å². The lowest BCUT2D eigenvalue weighted by Crippen LogP contribution is -2.19. The van der Waals surface area contributed by atoms with Crippen LogP contribution in [0.15, 0.2) is 12.1 Å². The quantitative estimate of drug-likeness (QED) is 0.768. The molecule has 82 valence electrons. The number of ketones is 1. The van der Waals surface area contributed by atoms with Crippen molar-refractivity contribution in [1.29, 1.82) is 0 Å². The van der Waals surface area contributed by atoms with Crippen LogP contribution in [0.1, 0.15) is 15.9 Å². The van der Waals surface area contributed by atoms with Crippen LogP contribution in [-0.2, 0) is 0 Å². The summed E-state index contributed by atoms with van der Waals surface area (Å²) in [4.78, 5) is 11.6. The molecule has 0 radical (unpaired) electrons. The van der Waals surface area contributed by atoms with Crippen molar-refractivity contribution in [3.63, 3.8) is 0 Å². The normalized spacial score (nSPS) is 10.1. The number of carbonyl (C=O) groups excluding carboxylic acids is 1. The minimum Gasteiger partial charge on any atom is -0.494 e. The van der Waals surface area contributed by atoms with Crippen LogP contribution in [-0.4, -0.2) is 26.5 Å². The predicted octanol–water partition coefficient (Wildman–Crippen LogP) is 1.54. The predicted molar refractivity (Wildman–Crippen MR) is 55.9 cm³/mol. The van der Waals surface area contributed by atoms with E-state index in [0.29, 0.717) is 11.1 Å². The van der Waals surface area contributed by atoms with Crippen LogP contribution in [0.5, 0.6) is 5.75 Å². The topological polar surface area (TPSA) is 38.3 Å². The molecule has 1 N–H and O–H groups in total. The average molecular weight is 211 g/mol. The summed E-state index contributed by atoms with van der Waals surface area (Å²) in [5, 5.41) is 2.76. The highest BCUT2D eigenvalue weighted by Gasteiger charge is 2.12. The van der Waals surface area contributed by atoms with Crippen LogP contribution < -0.4 is 10.1 Å². The molecule has 0 aliphatic rings. The summed E-state index contributed by atoms with van der Waals surface area (Å²) >= 11 is 0. The summed E-state index contributed by atoms with van der Waals surface area (Å²) in [5.74, 6) is -0.427. The van der Waals surface area contributed by atoms with Gasteiger partial charge in [-0.25, -0.2) is 4.39 Å². The number of likely N-dealkylation sites (N-methyl/N-ethyl adjacent to an activating group) is 1. The maximum absolute atomic E-state index is 13.2. The molecular weight excluding hydrogens is 197 g/mol. The Morgan fingerprint density at radius 1 is 1.53 bits per heavy atom. The molecule has 1 aromatic rings. The summed E-state index contributed by atoms with van der Waals surface area (Å²) in [5.41, 5.74) is 1.11. The van der Waals surface area contributed by atoms with Gasteiger partial charge in [-0.1, -0.05) is 0 Å². The first-order valence-electron chi connectivity index (χ1n) is 4.62. The number of aryl methyl sites for hydroxylation is 1. The van der Waals surface area contributed by atoms with Crippen molar-refractivity contribution in [2.75, 3.05) is 20.7 Å². The minimum atomic E-state index is -0.448. The van der Waals surface area contributed by atoms with Gasteiger partial charge in [-0.2, -0.15) is 0 Å². The van der Waals surface area contributed by atoms with Gasteiger partial charge in [0.1, 0.15) is 0 Å². The molecule has 0 amide bonds. The molecule has 0 unspecified atom stereocenters. The van der Waals surface area contributed by atoms with Crippen LogP contribution in [0.2, 0.25) is 0 Å². The number of halogens is 1. The SMILES string of the molecule is CNCC(=O)c1cc(OC)c(F)cc1C. The van der Waals surface area contributed by atoms with Crippen LogP contribution >= 0.6 is 0 Å². The van der Waals surface area contributed by atoms with E-state index in [2.05, 4.69) is 5.32 Å². The molecule has 0 fully saturated rings. The number of hydrogen-bond donors (Lipinski definition) is 1. The third-order valence-electron chi connectivity index (χ3n) is 2.14. The fourth-order valence-corrected chi connectivity index (χ4v) is 1.37. The van der Waals surface area contributed by atoms with Gasteiger partial charge in [-0.15, -0.1) is 0 Å². The van der Waals surface area contributed by atoms with Crippen molar-refractivity contribution < 1.29 is 13.9 Å². The molecule has 0 atom stereocenters. The summed E-state index contributed by atoms with van der Waals surface area (Å²) < 4.78 is 18.0. The van der Waals surface area contributed by atoms with Crippen molar-refractivity contribution in [3.8, 4) is 5.75 Å². The van der Waals surface area contributed by atoms with Gasteiger partial charge in [0.25, 0.3) is 0 Å². The van der Waals surface area contributed by atoms with E-state index in [-0.39, 0.29) is 18.1 Å². The van der Waals surface area contributed by atoms with E-state index in [1.807, 2.05) is 0 Å². The number of methoxy groups -OCH3 is 1. The van der Waals surface area contributed by atoms with Gasteiger partial charge < -0.3 is 10.1 Å². The van der Waals surface area contributed by atoms with E-state index in [4.69, 9.17) is 4.74 Å². The van der Waals surface area contributed by atoms with Gasteiger partial charge in [0, 0.05) is 5.56 Å². The van der Waals surface area contributed by atoms with Crippen LogP contribution in [0.3, 0.4) is 0 Å². The smallest absolute Gasteiger partial charge is 0.176 e. The molecule has 0 aromatic heterocycles. The average Bonchev–Trinajstić information content (AvgIpc) is 2.18. The lowest BCUT2D eigenvalue weighted by atomic mass is 10.0. The summed E-state index contributed by atoms with van der Waals surface area (Å²) in [7, 11) is 3.06. The number of nitrogens with one attached hydrogen (secondary N) is 1. The molecule has 1 rings (SSSR count).